The molecule has 2 rings (SSSR count). The molecule has 0 saturated carbocycles. The number of hydrogen-bond donors (Lipinski definition) is 0. The molecular weight excluding hydrogens is 386 g/mol. The molecule has 1 unspecified atom stereocenters. The van der Waals surface area contributed by atoms with E-state index in [1.165, 1.54) is 7.11 Å². The van der Waals surface area contributed by atoms with Gasteiger partial charge in [-0.15, -0.1) is 0 Å². The average molecular weight is 405 g/mol. The highest BCUT2D eigenvalue weighted by molar-refractivity contribution is 9.10. The van der Waals surface area contributed by atoms with Gasteiger partial charge in [0.05, 0.1) is 30.2 Å². The predicted molar refractivity (Wildman–Crippen MR) is 90.7 cm³/mol. The van der Waals surface area contributed by atoms with Crippen molar-refractivity contribution in [2.24, 2.45) is 0 Å². The first-order chi connectivity index (χ1) is 11.0. The second-order valence-corrected chi connectivity index (χ2v) is 6.66. The van der Waals surface area contributed by atoms with E-state index >= 15 is 0 Å². The minimum absolute atomic E-state index is 0.00234. The fourth-order valence-corrected chi connectivity index (χ4v) is 3.03. The third kappa shape index (κ3) is 5.19. The summed E-state index contributed by atoms with van der Waals surface area (Å²) in [4.78, 5) is 25.8. The van der Waals surface area contributed by atoms with Gasteiger partial charge in [-0.25, -0.2) is 0 Å². The molecule has 1 fully saturated rings. The molecule has 1 heterocycles. The Balaban J connectivity index is 2.14. The van der Waals surface area contributed by atoms with Crippen molar-refractivity contribution < 1.29 is 19.1 Å². The van der Waals surface area contributed by atoms with E-state index in [1.807, 2.05) is 0 Å². The van der Waals surface area contributed by atoms with Crippen LogP contribution in [0.25, 0.3) is 0 Å². The molecule has 7 heteroatoms. The molecule has 126 valence electrons. The maximum atomic E-state index is 12.8. The second-order valence-electron chi connectivity index (χ2n) is 5.34. The van der Waals surface area contributed by atoms with Gasteiger partial charge in [0.2, 0.25) is 0 Å². The van der Waals surface area contributed by atoms with Crippen LogP contribution in [-0.4, -0.2) is 49.7 Å². The van der Waals surface area contributed by atoms with E-state index in [9.17, 15) is 9.59 Å². The van der Waals surface area contributed by atoms with Crippen LogP contribution in [0.15, 0.2) is 22.7 Å². The van der Waals surface area contributed by atoms with Crippen LogP contribution in [0.1, 0.15) is 29.6 Å². The van der Waals surface area contributed by atoms with Crippen LogP contribution < -0.4 is 0 Å². The van der Waals surface area contributed by atoms with Crippen molar-refractivity contribution in [2.75, 3.05) is 26.8 Å². The molecule has 0 N–H and O–H groups in total. The van der Waals surface area contributed by atoms with Crippen LogP contribution in [0.3, 0.4) is 0 Å². The summed E-state index contributed by atoms with van der Waals surface area (Å²) >= 11 is 9.50. The summed E-state index contributed by atoms with van der Waals surface area (Å²) < 4.78 is 11.0. The number of halogens is 2. The molecule has 1 aromatic rings. The zero-order chi connectivity index (χ0) is 16.8. The van der Waals surface area contributed by atoms with Crippen molar-refractivity contribution in [2.45, 2.75) is 25.4 Å². The number of carbonyl (C=O) groups is 2. The molecule has 1 atom stereocenters. The molecule has 0 aliphatic carbocycles. The third-order valence-electron chi connectivity index (χ3n) is 3.71. The van der Waals surface area contributed by atoms with Crippen molar-refractivity contribution in [1.29, 1.82) is 0 Å². The van der Waals surface area contributed by atoms with Crippen LogP contribution >= 0.6 is 27.5 Å². The Bertz CT molecular complexity index is 575. The minimum atomic E-state index is -0.351. The second kappa shape index (κ2) is 8.66. The Kier molecular flexibility index (Phi) is 6.87. The van der Waals surface area contributed by atoms with Gasteiger partial charge in [0, 0.05) is 24.2 Å². The van der Waals surface area contributed by atoms with Crippen molar-refractivity contribution >= 4 is 39.4 Å². The predicted octanol–water partition coefficient (Wildman–Crippen LogP) is 3.29. The molecule has 1 saturated heterocycles. The fraction of sp³-hybridized carbons (Fsp3) is 0.500. The lowest BCUT2D eigenvalue weighted by Crippen LogP contribution is -2.39. The minimum Gasteiger partial charge on any atom is -0.469 e. The number of carbonyl (C=O) groups excluding carboxylic acids is 2. The Morgan fingerprint density at radius 3 is 2.91 bits per heavy atom. The molecular formula is C16H19BrClNO4. The Hall–Kier alpha value is -1.11. The summed E-state index contributed by atoms with van der Waals surface area (Å²) in [5.41, 5.74) is 0.406. The van der Waals surface area contributed by atoms with Gasteiger partial charge < -0.3 is 14.4 Å². The highest BCUT2D eigenvalue weighted by atomic mass is 79.9. The molecule has 23 heavy (non-hydrogen) atoms. The zero-order valence-corrected chi connectivity index (χ0v) is 15.2. The van der Waals surface area contributed by atoms with Gasteiger partial charge in [0.25, 0.3) is 5.91 Å². The molecule has 0 radical (unpaired) electrons. The standard InChI is InChI=1S/C16H19BrClNO4/c1-22-15(20)6-7-19(10-12-3-2-8-23-12)16(21)13-9-11(17)4-5-14(13)18/h4-5,9,12H,2-3,6-8,10H2,1H3. The van der Waals surface area contributed by atoms with Crippen LogP contribution in [0.4, 0.5) is 0 Å². The number of ether oxygens (including phenoxy) is 2. The van der Waals surface area contributed by atoms with Gasteiger partial charge in [-0.1, -0.05) is 27.5 Å². The summed E-state index contributed by atoms with van der Waals surface area (Å²) in [6.07, 6.45) is 2.04. The number of amides is 1. The van der Waals surface area contributed by atoms with Crippen molar-refractivity contribution in [3.05, 3.63) is 33.3 Å². The maximum absolute atomic E-state index is 12.8. The lowest BCUT2D eigenvalue weighted by Gasteiger charge is -2.25. The number of esters is 1. The van der Waals surface area contributed by atoms with Gasteiger partial charge in [0.15, 0.2) is 0 Å². The Morgan fingerprint density at radius 1 is 1.48 bits per heavy atom. The Morgan fingerprint density at radius 2 is 2.26 bits per heavy atom. The topological polar surface area (TPSA) is 55.8 Å². The maximum Gasteiger partial charge on any atom is 0.307 e. The number of nitrogens with zero attached hydrogens (tertiary/aromatic N) is 1. The normalized spacial score (nSPS) is 17.1. The molecule has 0 bridgehead atoms. The zero-order valence-electron chi connectivity index (χ0n) is 12.9. The molecule has 1 aliphatic rings. The van der Waals surface area contributed by atoms with E-state index in [1.54, 1.807) is 23.1 Å². The highest BCUT2D eigenvalue weighted by Crippen LogP contribution is 2.23. The quantitative estimate of drug-likeness (QED) is 0.683. The first kappa shape index (κ1) is 18.2. The van der Waals surface area contributed by atoms with E-state index < -0.39 is 0 Å². The SMILES string of the molecule is COC(=O)CCN(CC1CCCO1)C(=O)c1cc(Br)ccc1Cl. The van der Waals surface area contributed by atoms with E-state index in [4.69, 9.17) is 16.3 Å². The molecule has 1 amide bonds. The van der Waals surface area contributed by atoms with Crippen molar-refractivity contribution in [3.63, 3.8) is 0 Å². The molecule has 0 aromatic heterocycles. The Labute approximate surface area is 149 Å². The first-order valence-corrected chi connectivity index (χ1v) is 8.61. The first-order valence-electron chi connectivity index (χ1n) is 7.44. The molecule has 0 spiro atoms. The van der Waals surface area contributed by atoms with E-state index in [0.29, 0.717) is 23.7 Å². The largest absolute Gasteiger partial charge is 0.469 e. The smallest absolute Gasteiger partial charge is 0.307 e. The number of rotatable bonds is 6. The fourth-order valence-electron chi connectivity index (χ4n) is 2.47. The van der Waals surface area contributed by atoms with E-state index in [0.717, 1.165) is 17.3 Å². The van der Waals surface area contributed by atoms with Crippen LogP contribution in [-0.2, 0) is 14.3 Å². The molecule has 5 nitrogen and oxygen atoms in total. The summed E-state index contributed by atoms with van der Waals surface area (Å²) in [6, 6.07) is 5.13. The summed E-state index contributed by atoms with van der Waals surface area (Å²) in [7, 11) is 1.33. The van der Waals surface area contributed by atoms with Crippen LogP contribution in [0, 0.1) is 0 Å². The molecule has 1 aromatic carbocycles. The lowest BCUT2D eigenvalue weighted by atomic mass is 10.1. The van der Waals surface area contributed by atoms with E-state index in [-0.39, 0.29) is 30.9 Å². The number of benzene rings is 1. The highest BCUT2D eigenvalue weighted by Gasteiger charge is 2.25. The summed E-state index contributed by atoms with van der Waals surface area (Å²) in [5.74, 6) is -0.564. The van der Waals surface area contributed by atoms with Crippen LogP contribution in [0.5, 0.6) is 0 Å². The number of methoxy groups -OCH3 is 1. The van der Waals surface area contributed by atoms with Gasteiger partial charge in [0.1, 0.15) is 0 Å². The summed E-state index contributed by atoms with van der Waals surface area (Å²) in [5, 5.41) is 0.383. The van der Waals surface area contributed by atoms with Crippen LogP contribution in [0.2, 0.25) is 5.02 Å². The monoisotopic (exact) mass is 403 g/mol. The average Bonchev–Trinajstić information content (AvgIpc) is 3.05. The lowest BCUT2D eigenvalue weighted by molar-refractivity contribution is -0.140. The third-order valence-corrected chi connectivity index (χ3v) is 4.53. The van der Waals surface area contributed by atoms with Crippen molar-refractivity contribution in [3.8, 4) is 0 Å². The van der Waals surface area contributed by atoms with Gasteiger partial charge in [-0.2, -0.15) is 0 Å². The van der Waals surface area contributed by atoms with E-state index in [2.05, 4.69) is 20.7 Å². The van der Waals surface area contributed by atoms with Gasteiger partial charge in [-0.05, 0) is 31.0 Å². The molecule has 1 aliphatic heterocycles. The summed E-state index contributed by atoms with van der Waals surface area (Å²) in [6.45, 7) is 1.42. The van der Waals surface area contributed by atoms with Gasteiger partial charge >= 0.3 is 5.97 Å². The number of hydrogen-bond acceptors (Lipinski definition) is 4. The van der Waals surface area contributed by atoms with Gasteiger partial charge in [-0.3, -0.25) is 9.59 Å². The van der Waals surface area contributed by atoms with Crippen molar-refractivity contribution in [1.82, 2.24) is 4.90 Å².